The zero-order valence-electron chi connectivity index (χ0n) is 4.74. The number of hydrogen-bond donors (Lipinski definition) is 2. The van der Waals surface area contributed by atoms with Crippen molar-refractivity contribution in [3.05, 3.63) is 0 Å². The van der Waals surface area contributed by atoms with Crippen LogP contribution in [-0.4, -0.2) is 30.1 Å². The van der Waals surface area contributed by atoms with Crippen molar-refractivity contribution in [2.45, 2.75) is 5.51 Å². The molecule has 0 aromatic carbocycles. The van der Waals surface area contributed by atoms with Gasteiger partial charge in [-0.05, 0) is 0 Å². The molecular weight excluding hydrogens is 193 g/mol. The van der Waals surface area contributed by atoms with Crippen LogP contribution in [0.3, 0.4) is 0 Å². The molecule has 2 N–H and O–H groups in total. The molecule has 0 unspecified atom stereocenters. The predicted molar refractivity (Wildman–Crippen MR) is 26.3 cm³/mol. The number of halogens is 3. The van der Waals surface area contributed by atoms with Gasteiger partial charge in [0, 0.05) is 0 Å². The Bertz CT molecular complexity index is 202. The summed E-state index contributed by atoms with van der Waals surface area (Å²) in [5, 5.41) is 6.89. The third kappa shape index (κ3) is 7.06. The summed E-state index contributed by atoms with van der Waals surface area (Å²) in [5.74, 6) is 0. The first-order valence-electron chi connectivity index (χ1n) is 1.78. The number of hydrogen-bond acceptors (Lipinski definition) is 3. The van der Waals surface area contributed by atoms with Crippen LogP contribution in [0.15, 0.2) is 0 Å². The molecule has 0 saturated carbocycles. The molecule has 0 radical (unpaired) electrons. The minimum atomic E-state index is -5.84. The van der Waals surface area contributed by atoms with Crippen molar-refractivity contribution in [1.82, 2.24) is 0 Å². The van der Waals surface area contributed by atoms with Gasteiger partial charge in [0.2, 0.25) is 0 Å². The van der Waals surface area contributed by atoms with E-state index < -0.39 is 15.6 Å². The van der Waals surface area contributed by atoms with Crippen LogP contribution >= 0.6 is 0 Å². The van der Waals surface area contributed by atoms with Crippen molar-refractivity contribution in [1.29, 1.82) is 0 Å². The molecule has 0 fully saturated rings. The Morgan fingerprint density at radius 2 is 1.36 bits per heavy atom. The number of alkyl halides is 3. The van der Waals surface area contributed by atoms with E-state index in [9.17, 15) is 13.2 Å². The molecule has 0 saturated heterocycles. The summed E-state index contributed by atoms with van der Waals surface area (Å²) < 4.78 is 57.5. The van der Waals surface area contributed by atoms with E-state index in [1.165, 1.54) is 0 Å². The zero-order valence-corrected chi connectivity index (χ0v) is 5.56. The van der Waals surface area contributed by atoms with Gasteiger partial charge in [-0.3, -0.25) is 9.35 Å². The first-order chi connectivity index (χ1) is 4.66. The molecule has 0 amide bonds. The molecular formula is C2H3F3O5S. The minimum Gasteiger partial charge on any atom is -0.483 e. The number of rotatable bonds is 0. The lowest BCUT2D eigenvalue weighted by atomic mass is 11.6. The third-order valence-electron chi connectivity index (χ3n) is 0.292. The molecule has 0 heterocycles. The van der Waals surface area contributed by atoms with Gasteiger partial charge in [-0.25, -0.2) is 0 Å². The molecule has 0 aliphatic heterocycles. The SMILES string of the molecule is O=CO.O=S(=O)(O)C(F)(F)F. The Hall–Kier alpha value is -0.830. The minimum absolute atomic E-state index is 0.250. The monoisotopic (exact) mass is 196 g/mol. The molecule has 68 valence electrons. The lowest BCUT2D eigenvalue weighted by Gasteiger charge is -1.97. The van der Waals surface area contributed by atoms with Crippen LogP contribution < -0.4 is 0 Å². The first kappa shape index (κ1) is 12.8. The van der Waals surface area contributed by atoms with E-state index in [-0.39, 0.29) is 6.47 Å². The highest BCUT2D eigenvalue weighted by Crippen LogP contribution is 2.20. The van der Waals surface area contributed by atoms with Gasteiger partial charge in [-0.15, -0.1) is 0 Å². The van der Waals surface area contributed by atoms with Crippen molar-refractivity contribution >= 4 is 16.6 Å². The van der Waals surface area contributed by atoms with Gasteiger partial charge in [0.05, 0.1) is 0 Å². The van der Waals surface area contributed by atoms with E-state index in [0.29, 0.717) is 0 Å². The van der Waals surface area contributed by atoms with Crippen molar-refractivity contribution in [2.24, 2.45) is 0 Å². The van der Waals surface area contributed by atoms with Gasteiger partial charge in [-0.1, -0.05) is 0 Å². The van der Waals surface area contributed by atoms with Crippen LogP contribution in [0.1, 0.15) is 0 Å². The Morgan fingerprint density at radius 1 is 1.27 bits per heavy atom. The van der Waals surface area contributed by atoms with Gasteiger partial charge in [0.15, 0.2) is 0 Å². The maximum absolute atomic E-state index is 10.7. The molecule has 11 heavy (non-hydrogen) atoms. The van der Waals surface area contributed by atoms with Gasteiger partial charge < -0.3 is 5.11 Å². The number of carboxylic acid groups (broad SMARTS) is 1. The van der Waals surface area contributed by atoms with Crippen molar-refractivity contribution in [2.75, 3.05) is 0 Å². The molecule has 0 bridgehead atoms. The van der Waals surface area contributed by atoms with E-state index in [4.69, 9.17) is 22.9 Å². The highest BCUT2D eigenvalue weighted by molar-refractivity contribution is 7.86. The summed E-state index contributed by atoms with van der Waals surface area (Å²) in [6, 6.07) is 0. The van der Waals surface area contributed by atoms with E-state index >= 15 is 0 Å². The van der Waals surface area contributed by atoms with Crippen molar-refractivity contribution in [3.63, 3.8) is 0 Å². The first-order valence-corrected chi connectivity index (χ1v) is 3.22. The fraction of sp³-hybridized carbons (Fsp3) is 0.500. The standard InChI is InChI=1S/CHF3O3S.CH2O2/c2-1(3,4)8(5,6)7;2-1-3/h(H,5,6,7);1H,(H,2,3). The van der Waals surface area contributed by atoms with Gasteiger partial charge in [0.1, 0.15) is 0 Å². The van der Waals surface area contributed by atoms with Crippen molar-refractivity contribution in [3.8, 4) is 0 Å². The van der Waals surface area contributed by atoms with E-state index in [0.717, 1.165) is 0 Å². The summed E-state index contributed by atoms with van der Waals surface area (Å²) in [4.78, 5) is 8.36. The molecule has 0 aliphatic rings. The summed E-state index contributed by atoms with van der Waals surface area (Å²) in [5.41, 5.74) is -5.53. The Morgan fingerprint density at radius 3 is 1.36 bits per heavy atom. The molecule has 5 nitrogen and oxygen atoms in total. The van der Waals surface area contributed by atoms with Crippen LogP contribution in [0.2, 0.25) is 0 Å². The topological polar surface area (TPSA) is 91.7 Å². The summed E-state index contributed by atoms with van der Waals surface area (Å²) in [6.07, 6.45) is 0. The molecule has 0 spiro atoms. The van der Waals surface area contributed by atoms with E-state index in [1.54, 1.807) is 0 Å². The Kier molecular flexibility index (Phi) is 4.81. The second kappa shape index (κ2) is 4.13. The molecule has 0 rings (SSSR count). The molecule has 0 aliphatic carbocycles. The maximum atomic E-state index is 10.7. The summed E-state index contributed by atoms with van der Waals surface area (Å²) in [6.45, 7) is -0.250. The fourth-order valence-electron chi connectivity index (χ4n) is 0. The van der Waals surface area contributed by atoms with Gasteiger partial charge >= 0.3 is 15.6 Å². The van der Waals surface area contributed by atoms with Crippen LogP contribution in [-0.2, 0) is 14.9 Å². The smallest absolute Gasteiger partial charge is 0.483 e. The largest absolute Gasteiger partial charge is 0.522 e. The van der Waals surface area contributed by atoms with Gasteiger partial charge in [-0.2, -0.15) is 21.6 Å². The zero-order chi connectivity index (χ0) is 9.71. The lowest BCUT2D eigenvalue weighted by molar-refractivity contribution is -0.122. The van der Waals surface area contributed by atoms with Crippen LogP contribution in [0, 0.1) is 0 Å². The Balaban J connectivity index is 0. The summed E-state index contributed by atoms with van der Waals surface area (Å²) >= 11 is 0. The highest BCUT2D eigenvalue weighted by atomic mass is 32.2. The Labute approximate surface area is 59.2 Å². The second-order valence-corrected chi connectivity index (χ2v) is 2.44. The van der Waals surface area contributed by atoms with Crippen LogP contribution in [0.25, 0.3) is 0 Å². The second-order valence-electron chi connectivity index (χ2n) is 1.03. The molecule has 0 atom stereocenters. The quantitative estimate of drug-likeness (QED) is 0.325. The normalized spacial score (nSPS) is 11.3. The van der Waals surface area contributed by atoms with E-state index in [1.807, 2.05) is 0 Å². The average molecular weight is 196 g/mol. The lowest BCUT2D eigenvalue weighted by Crippen LogP contribution is -2.21. The number of carbonyl (C=O) groups is 1. The van der Waals surface area contributed by atoms with Crippen LogP contribution in [0.4, 0.5) is 13.2 Å². The van der Waals surface area contributed by atoms with E-state index in [2.05, 4.69) is 0 Å². The van der Waals surface area contributed by atoms with Gasteiger partial charge in [0.25, 0.3) is 6.47 Å². The molecule has 9 heteroatoms. The van der Waals surface area contributed by atoms with Crippen molar-refractivity contribution < 1.29 is 36.0 Å². The highest BCUT2D eigenvalue weighted by Gasteiger charge is 2.44. The third-order valence-corrected chi connectivity index (χ3v) is 0.877. The molecule has 0 aromatic heterocycles. The molecule has 0 aromatic rings. The fourth-order valence-corrected chi connectivity index (χ4v) is 0. The maximum Gasteiger partial charge on any atom is 0.522 e. The predicted octanol–water partition coefficient (Wildman–Crippen LogP) is 0.0948. The average Bonchev–Trinajstić information content (AvgIpc) is 1.60. The van der Waals surface area contributed by atoms with Crippen LogP contribution in [0.5, 0.6) is 0 Å². The summed E-state index contributed by atoms with van der Waals surface area (Å²) in [7, 11) is -5.84.